The number of carbonyl (C=O) groups excluding carboxylic acids is 2. The van der Waals surface area contributed by atoms with Gasteiger partial charge in [0.25, 0.3) is 0 Å². The van der Waals surface area contributed by atoms with Crippen LogP contribution in [-0.4, -0.2) is 21.5 Å². The molecule has 1 rings (SSSR count). The average molecular weight is 257 g/mol. The summed E-state index contributed by atoms with van der Waals surface area (Å²) in [7, 11) is -4.33. The molecular weight excluding hydrogens is 245 g/mol. The van der Waals surface area contributed by atoms with Gasteiger partial charge in [-0.25, -0.2) is 0 Å². The van der Waals surface area contributed by atoms with Gasteiger partial charge in [0.1, 0.15) is 5.78 Å². The lowest BCUT2D eigenvalue weighted by Crippen LogP contribution is -2.16. The zero-order valence-electron chi connectivity index (χ0n) is 9.08. The Kier molecular flexibility index (Phi) is 4.17. The number of benzene rings is 1. The molecule has 1 amide bonds. The topological polar surface area (TPSA) is 104 Å². The van der Waals surface area contributed by atoms with E-state index in [1.807, 2.05) is 0 Å². The Balaban J connectivity index is 2.83. The molecule has 0 saturated carbocycles. The molecule has 0 aliphatic heterocycles. The lowest BCUT2D eigenvalue weighted by Gasteiger charge is -2.07. The first-order valence-corrected chi connectivity index (χ1v) is 6.36. The molecule has 17 heavy (non-hydrogen) atoms. The van der Waals surface area contributed by atoms with Crippen molar-refractivity contribution in [3.05, 3.63) is 24.3 Å². The Morgan fingerprint density at radius 2 is 2.00 bits per heavy atom. The highest BCUT2D eigenvalue weighted by atomic mass is 31.2. The van der Waals surface area contributed by atoms with Crippen molar-refractivity contribution < 1.29 is 23.9 Å². The lowest BCUT2D eigenvalue weighted by molar-refractivity contribution is -0.124. The van der Waals surface area contributed by atoms with Gasteiger partial charge in [-0.3, -0.25) is 14.2 Å². The molecule has 92 valence electrons. The van der Waals surface area contributed by atoms with Crippen LogP contribution in [0, 0.1) is 0 Å². The van der Waals surface area contributed by atoms with Crippen molar-refractivity contribution in [3.8, 4) is 0 Å². The Hall–Kier alpha value is -1.49. The van der Waals surface area contributed by atoms with Crippen molar-refractivity contribution in [3.63, 3.8) is 0 Å². The first kappa shape index (κ1) is 13.6. The van der Waals surface area contributed by atoms with E-state index in [0.29, 0.717) is 0 Å². The monoisotopic (exact) mass is 257 g/mol. The summed E-state index contributed by atoms with van der Waals surface area (Å²) in [6, 6.07) is 5.34. The van der Waals surface area contributed by atoms with Crippen LogP contribution in [0.5, 0.6) is 0 Å². The zero-order valence-corrected chi connectivity index (χ0v) is 9.98. The highest BCUT2D eigenvalue weighted by molar-refractivity contribution is 7.60. The minimum atomic E-state index is -4.33. The first-order valence-electron chi connectivity index (χ1n) is 4.74. The van der Waals surface area contributed by atoms with Gasteiger partial charge in [-0.2, -0.15) is 0 Å². The van der Waals surface area contributed by atoms with Gasteiger partial charge in [-0.1, -0.05) is 6.07 Å². The third kappa shape index (κ3) is 4.48. The quantitative estimate of drug-likeness (QED) is 0.535. The molecule has 3 N–H and O–H groups in total. The van der Waals surface area contributed by atoms with Crippen molar-refractivity contribution in [1.29, 1.82) is 0 Å². The van der Waals surface area contributed by atoms with Gasteiger partial charge in [0.05, 0.1) is 11.7 Å². The van der Waals surface area contributed by atoms with Gasteiger partial charge < -0.3 is 15.1 Å². The summed E-state index contributed by atoms with van der Waals surface area (Å²) in [6.07, 6.45) is -0.264. The van der Waals surface area contributed by atoms with Gasteiger partial charge in [0.2, 0.25) is 5.91 Å². The largest absolute Gasteiger partial charge is 0.356 e. The Labute approximate surface area is 97.8 Å². The minimum absolute atomic E-state index is 0.182. The molecule has 0 atom stereocenters. The lowest BCUT2D eigenvalue weighted by atomic mass is 10.2. The van der Waals surface area contributed by atoms with E-state index in [0.717, 1.165) is 0 Å². The molecule has 0 aliphatic rings. The van der Waals surface area contributed by atoms with Crippen LogP contribution in [0.3, 0.4) is 0 Å². The zero-order chi connectivity index (χ0) is 13.1. The van der Waals surface area contributed by atoms with Gasteiger partial charge in [-0.15, -0.1) is 0 Å². The van der Waals surface area contributed by atoms with Gasteiger partial charge >= 0.3 is 7.60 Å². The van der Waals surface area contributed by atoms with Gasteiger partial charge in [-0.05, 0) is 25.1 Å². The second kappa shape index (κ2) is 5.23. The Bertz CT molecular complexity index is 493. The molecule has 0 radical (unpaired) electrons. The van der Waals surface area contributed by atoms with Crippen molar-refractivity contribution in [2.75, 3.05) is 5.32 Å². The molecule has 0 aliphatic carbocycles. The summed E-state index contributed by atoms with van der Waals surface area (Å²) in [5.41, 5.74) is 0.247. The van der Waals surface area contributed by atoms with Crippen molar-refractivity contribution in [2.24, 2.45) is 0 Å². The summed E-state index contributed by atoms with van der Waals surface area (Å²) in [6.45, 7) is 1.28. The van der Waals surface area contributed by atoms with Crippen LogP contribution >= 0.6 is 7.60 Å². The van der Waals surface area contributed by atoms with E-state index in [4.69, 9.17) is 9.79 Å². The summed E-state index contributed by atoms with van der Waals surface area (Å²) < 4.78 is 11.0. The standard InChI is InChI=1S/C10H12NO5P/c1-7(12)5-10(13)11-8-3-2-4-9(6-8)17(14,15)16/h2-4,6H,5H2,1H3,(H,11,13)(H2,14,15,16). The number of anilines is 1. The van der Waals surface area contributed by atoms with Crippen LogP contribution < -0.4 is 10.6 Å². The van der Waals surface area contributed by atoms with Crippen LogP contribution in [0.15, 0.2) is 24.3 Å². The maximum Gasteiger partial charge on any atom is 0.356 e. The number of carbonyl (C=O) groups is 2. The number of hydrogen-bond donors (Lipinski definition) is 3. The summed E-state index contributed by atoms with van der Waals surface area (Å²) >= 11 is 0. The Morgan fingerprint density at radius 1 is 1.35 bits per heavy atom. The predicted octanol–water partition coefficient (Wildman–Crippen LogP) is 0.407. The maximum atomic E-state index is 11.3. The first-order chi connectivity index (χ1) is 7.79. The highest BCUT2D eigenvalue weighted by Gasteiger charge is 2.17. The van der Waals surface area contributed by atoms with Crippen LogP contribution in [0.2, 0.25) is 0 Å². The molecule has 0 heterocycles. The summed E-state index contributed by atoms with van der Waals surface area (Å²) in [5.74, 6) is -0.797. The van der Waals surface area contributed by atoms with Crippen molar-refractivity contribution in [1.82, 2.24) is 0 Å². The average Bonchev–Trinajstić information content (AvgIpc) is 2.15. The normalized spacial score (nSPS) is 11.0. The molecule has 7 heteroatoms. The molecule has 0 bridgehead atoms. The molecule has 1 aromatic carbocycles. The molecule has 0 aromatic heterocycles. The summed E-state index contributed by atoms with van der Waals surface area (Å²) in [4.78, 5) is 39.8. The third-order valence-electron chi connectivity index (χ3n) is 1.88. The molecule has 0 fully saturated rings. The SMILES string of the molecule is CC(=O)CC(=O)Nc1cccc(P(=O)(O)O)c1. The van der Waals surface area contributed by atoms with Crippen molar-refractivity contribution in [2.45, 2.75) is 13.3 Å². The van der Waals surface area contributed by atoms with E-state index < -0.39 is 13.5 Å². The van der Waals surface area contributed by atoms with Crippen LogP contribution in [0.1, 0.15) is 13.3 Å². The fourth-order valence-corrected chi connectivity index (χ4v) is 1.78. The van der Waals surface area contributed by atoms with E-state index in [9.17, 15) is 14.2 Å². The van der Waals surface area contributed by atoms with E-state index in [1.54, 1.807) is 0 Å². The Morgan fingerprint density at radius 3 is 2.53 bits per heavy atom. The maximum absolute atomic E-state index is 11.3. The minimum Gasteiger partial charge on any atom is -0.326 e. The molecule has 0 spiro atoms. The number of nitrogens with one attached hydrogen (secondary N) is 1. The van der Waals surface area contributed by atoms with Crippen molar-refractivity contribution >= 4 is 30.3 Å². The fraction of sp³-hybridized carbons (Fsp3) is 0.200. The predicted molar refractivity (Wildman–Crippen MR) is 62.0 cm³/mol. The highest BCUT2D eigenvalue weighted by Crippen LogP contribution is 2.33. The van der Waals surface area contributed by atoms with E-state index in [2.05, 4.69) is 5.32 Å². The molecule has 0 unspecified atom stereocenters. The third-order valence-corrected chi connectivity index (χ3v) is 2.83. The van der Waals surface area contributed by atoms with Gasteiger partial charge in [0.15, 0.2) is 0 Å². The second-order valence-electron chi connectivity index (χ2n) is 3.52. The molecular formula is C10H12NO5P. The van der Waals surface area contributed by atoms with Crippen LogP contribution in [0.4, 0.5) is 5.69 Å². The van der Waals surface area contributed by atoms with Crippen LogP contribution in [-0.2, 0) is 14.2 Å². The van der Waals surface area contributed by atoms with E-state index in [-0.39, 0.29) is 23.2 Å². The number of rotatable bonds is 4. The number of amides is 1. The molecule has 0 saturated heterocycles. The smallest absolute Gasteiger partial charge is 0.326 e. The molecule has 6 nitrogen and oxygen atoms in total. The number of ketones is 1. The van der Waals surface area contributed by atoms with E-state index in [1.165, 1.54) is 31.2 Å². The van der Waals surface area contributed by atoms with Crippen LogP contribution in [0.25, 0.3) is 0 Å². The number of Topliss-reactive ketones (excluding diaryl/α,β-unsaturated/α-hetero) is 1. The van der Waals surface area contributed by atoms with Gasteiger partial charge in [0, 0.05) is 5.69 Å². The van der Waals surface area contributed by atoms with E-state index >= 15 is 0 Å². The fourth-order valence-electron chi connectivity index (χ4n) is 1.20. The second-order valence-corrected chi connectivity index (χ2v) is 5.13. The molecule has 1 aromatic rings. The summed E-state index contributed by atoms with van der Waals surface area (Å²) in [5, 5.41) is 2.20. The number of hydrogen-bond acceptors (Lipinski definition) is 3.